The minimum absolute atomic E-state index is 0.290. The fourth-order valence-electron chi connectivity index (χ4n) is 1.07. The molecule has 1 N–H and O–H groups in total. The van der Waals surface area contributed by atoms with Crippen molar-refractivity contribution in [3.05, 3.63) is 16.6 Å². The maximum absolute atomic E-state index is 5.39. The first-order valence-electron chi connectivity index (χ1n) is 4.52. The molecule has 1 aromatic rings. The largest absolute Gasteiger partial charge is 0.377 e. The maximum Gasteiger partial charge on any atom is 0.0794 e. The van der Waals surface area contributed by atoms with Crippen LogP contribution in [-0.2, 0) is 11.3 Å². The molecule has 1 aromatic heterocycles. The van der Waals surface area contributed by atoms with Gasteiger partial charge in [-0.2, -0.15) is 0 Å². The highest BCUT2D eigenvalue weighted by Crippen LogP contribution is 2.03. The number of aromatic nitrogens is 1. The van der Waals surface area contributed by atoms with Crippen LogP contribution in [-0.4, -0.2) is 24.2 Å². The van der Waals surface area contributed by atoms with E-state index in [9.17, 15) is 0 Å². The highest BCUT2D eigenvalue weighted by molar-refractivity contribution is 7.09. The number of ether oxygens (including phenoxy) is 1. The Hall–Kier alpha value is -0.450. The molecule has 0 spiro atoms. The summed E-state index contributed by atoms with van der Waals surface area (Å²) < 4.78 is 5.39. The predicted molar refractivity (Wildman–Crippen MR) is 54.9 cm³/mol. The van der Waals surface area contributed by atoms with Crippen LogP contribution in [0.2, 0.25) is 0 Å². The molecule has 0 saturated carbocycles. The van der Waals surface area contributed by atoms with E-state index in [0.29, 0.717) is 0 Å². The van der Waals surface area contributed by atoms with Crippen LogP contribution in [0.5, 0.6) is 0 Å². The van der Waals surface area contributed by atoms with Gasteiger partial charge in [-0.15, -0.1) is 11.3 Å². The van der Waals surface area contributed by atoms with Gasteiger partial charge in [0.1, 0.15) is 0 Å². The van der Waals surface area contributed by atoms with Crippen LogP contribution in [0, 0.1) is 0 Å². The van der Waals surface area contributed by atoms with Gasteiger partial charge in [0.15, 0.2) is 0 Å². The summed E-state index contributed by atoms with van der Waals surface area (Å²) >= 11 is 1.67. The van der Waals surface area contributed by atoms with E-state index in [2.05, 4.69) is 17.2 Å². The minimum Gasteiger partial charge on any atom is -0.377 e. The molecule has 0 bridgehead atoms. The molecule has 0 aromatic carbocycles. The van der Waals surface area contributed by atoms with Gasteiger partial charge in [0.2, 0.25) is 0 Å². The first-order chi connectivity index (χ1) is 6.33. The van der Waals surface area contributed by atoms with Crippen molar-refractivity contribution < 1.29 is 4.74 Å². The number of thiazole rings is 1. The Kier molecular flexibility index (Phi) is 4.97. The molecule has 0 aliphatic rings. The van der Waals surface area contributed by atoms with E-state index in [4.69, 9.17) is 4.74 Å². The van der Waals surface area contributed by atoms with E-state index < -0.39 is 0 Å². The first kappa shape index (κ1) is 10.6. The Bertz CT molecular complexity index is 213. The average Bonchev–Trinajstić information content (AvgIpc) is 2.57. The summed E-state index contributed by atoms with van der Waals surface area (Å²) in [4.78, 5) is 5.27. The molecule has 1 atom stereocenters. The summed E-state index contributed by atoms with van der Waals surface area (Å²) in [5.41, 5.74) is 1.85. The molecule has 0 saturated heterocycles. The standard InChI is InChI=1S/C9H16N2OS/c1-3-12-8(2)4-10-5-9-6-11-7-13-9/h6-8,10H,3-5H2,1-2H3. The Morgan fingerprint density at radius 3 is 3.15 bits per heavy atom. The third-order valence-corrected chi connectivity index (χ3v) is 2.45. The van der Waals surface area contributed by atoms with Crippen LogP contribution in [0.25, 0.3) is 0 Å². The number of nitrogens with zero attached hydrogens (tertiary/aromatic N) is 1. The van der Waals surface area contributed by atoms with Crippen LogP contribution in [0.1, 0.15) is 18.7 Å². The lowest BCUT2D eigenvalue weighted by molar-refractivity contribution is 0.0760. The number of hydrogen-bond acceptors (Lipinski definition) is 4. The van der Waals surface area contributed by atoms with Crippen molar-refractivity contribution in [1.29, 1.82) is 0 Å². The van der Waals surface area contributed by atoms with Crippen molar-refractivity contribution in [3.8, 4) is 0 Å². The molecular weight excluding hydrogens is 184 g/mol. The Balaban J connectivity index is 2.07. The van der Waals surface area contributed by atoms with Gasteiger partial charge in [-0.1, -0.05) is 0 Å². The van der Waals surface area contributed by atoms with Crippen molar-refractivity contribution in [2.45, 2.75) is 26.5 Å². The second-order valence-electron chi connectivity index (χ2n) is 2.86. The Morgan fingerprint density at radius 2 is 2.54 bits per heavy atom. The van der Waals surface area contributed by atoms with Crippen LogP contribution >= 0.6 is 11.3 Å². The molecule has 13 heavy (non-hydrogen) atoms. The second kappa shape index (κ2) is 6.07. The molecule has 1 heterocycles. The van der Waals surface area contributed by atoms with Crippen LogP contribution in [0.15, 0.2) is 11.7 Å². The van der Waals surface area contributed by atoms with E-state index in [1.807, 2.05) is 18.6 Å². The molecule has 0 aliphatic carbocycles. The van der Waals surface area contributed by atoms with E-state index in [1.165, 1.54) is 4.88 Å². The van der Waals surface area contributed by atoms with Gasteiger partial charge >= 0.3 is 0 Å². The lowest BCUT2D eigenvalue weighted by Crippen LogP contribution is -2.26. The van der Waals surface area contributed by atoms with Crippen molar-refractivity contribution >= 4 is 11.3 Å². The lowest BCUT2D eigenvalue weighted by Gasteiger charge is -2.11. The quantitative estimate of drug-likeness (QED) is 0.758. The summed E-state index contributed by atoms with van der Waals surface area (Å²) in [5, 5.41) is 3.32. The van der Waals surface area contributed by atoms with Crippen molar-refractivity contribution in [1.82, 2.24) is 10.3 Å². The number of hydrogen-bond donors (Lipinski definition) is 1. The molecular formula is C9H16N2OS. The zero-order chi connectivity index (χ0) is 9.52. The van der Waals surface area contributed by atoms with Crippen LogP contribution in [0.4, 0.5) is 0 Å². The van der Waals surface area contributed by atoms with Gasteiger partial charge in [0.05, 0.1) is 11.6 Å². The van der Waals surface area contributed by atoms with Gasteiger partial charge in [-0.25, -0.2) is 0 Å². The fraction of sp³-hybridized carbons (Fsp3) is 0.667. The normalized spacial score (nSPS) is 13.1. The Morgan fingerprint density at radius 1 is 1.69 bits per heavy atom. The van der Waals surface area contributed by atoms with Gasteiger partial charge in [-0.05, 0) is 13.8 Å². The molecule has 0 radical (unpaired) electrons. The summed E-state index contributed by atoms with van der Waals surface area (Å²) in [6, 6.07) is 0. The van der Waals surface area contributed by atoms with E-state index in [-0.39, 0.29) is 6.10 Å². The number of rotatable bonds is 6. The van der Waals surface area contributed by atoms with Gasteiger partial charge < -0.3 is 10.1 Å². The third-order valence-electron chi connectivity index (χ3n) is 1.67. The highest BCUT2D eigenvalue weighted by atomic mass is 32.1. The molecule has 0 aliphatic heterocycles. The topological polar surface area (TPSA) is 34.1 Å². The van der Waals surface area contributed by atoms with E-state index in [0.717, 1.165) is 19.7 Å². The summed E-state index contributed by atoms with van der Waals surface area (Å²) in [6.45, 7) is 6.65. The zero-order valence-corrected chi connectivity index (χ0v) is 8.93. The fourth-order valence-corrected chi connectivity index (χ4v) is 1.64. The van der Waals surface area contributed by atoms with Crippen molar-refractivity contribution in [2.75, 3.05) is 13.2 Å². The van der Waals surface area contributed by atoms with Crippen LogP contribution in [0.3, 0.4) is 0 Å². The van der Waals surface area contributed by atoms with Crippen LogP contribution < -0.4 is 5.32 Å². The Labute approximate surface area is 83.1 Å². The molecule has 74 valence electrons. The highest BCUT2D eigenvalue weighted by Gasteiger charge is 2.00. The van der Waals surface area contributed by atoms with E-state index in [1.54, 1.807) is 11.3 Å². The second-order valence-corrected chi connectivity index (χ2v) is 3.84. The average molecular weight is 200 g/mol. The van der Waals surface area contributed by atoms with Crippen molar-refractivity contribution in [3.63, 3.8) is 0 Å². The summed E-state index contributed by atoms with van der Waals surface area (Å²) in [6.07, 6.45) is 2.18. The monoisotopic (exact) mass is 200 g/mol. The summed E-state index contributed by atoms with van der Waals surface area (Å²) in [5.74, 6) is 0. The smallest absolute Gasteiger partial charge is 0.0794 e. The third kappa shape index (κ3) is 4.36. The zero-order valence-electron chi connectivity index (χ0n) is 8.12. The predicted octanol–water partition coefficient (Wildman–Crippen LogP) is 1.66. The maximum atomic E-state index is 5.39. The molecule has 3 nitrogen and oxygen atoms in total. The SMILES string of the molecule is CCOC(C)CNCc1cncs1. The first-order valence-corrected chi connectivity index (χ1v) is 5.40. The van der Waals surface area contributed by atoms with E-state index >= 15 is 0 Å². The van der Waals surface area contributed by atoms with Crippen molar-refractivity contribution in [2.24, 2.45) is 0 Å². The molecule has 1 rings (SSSR count). The molecule has 0 amide bonds. The lowest BCUT2D eigenvalue weighted by atomic mass is 10.4. The molecule has 4 heteroatoms. The molecule has 1 unspecified atom stereocenters. The van der Waals surface area contributed by atoms with Gasteiger partial charge in [0.25, 0.3) is 0 Å². The van der Waals surface area contributed by atoms with Gasteiger partial charge in [0, 0.05) is 30.8 Å². The number of nitrogens with one attached hydrogen (secondary N) is 1. The minimum atomic E-state index is 0.290. The molecule has 0 fully saturated rings. The van der Waals surface area contributed by atoms with Gasteiger partial charge in [-0.3, -0.25) is 4.98 Å². The summed E-state index contributed by atoms with van der Waals surface area (Å²) in [7, 11) is 0.